The van der Waals surface area contributed by atoms with Gasteiger partial charge in [0.15, 0.2) is 11.7 Å². The van der Waals surface area contributed by atoms with Crippen LogP contribution in [0.3, 0.4) is 0 Å². The van der Waals surface area contributed by atoms with Crippen LogP contribution in [0.5, 0.6) is 11.5 Å². The van der Waals surface area contributed by atoms with Gasteiger partial charge in [0, 0.05) is 5.92 Å². The quantitative estimate of drug-likeness (QED) is 0.617. The number of benzene rings is 2. The van der Waals surface area contributed by atoms with E-state index < -0.39 is 35.6 Å². The van der Waals surface area contributed by atoms with Gasteiger partial charge in [0.1, 0.15) is 11.5 Å². The Morgan fingerprint density at radius 1 is 0.962 bits per heavy atom. The molecule has 6 atom stereocenters. The molecule has 2 aromatic carbocycles. The SMILES string of the molecule is OC1CCC(O)C2(O)C1CC1OC1C21Oc2cccc3cccc(c23)O1. The lowest BCUT2D eigenvalue weighted by molar-refractivity contribution is -0.327. The Labute approximate surface area is 149 Å². The summed E-state index contributed by atoms with van der Waals surface area (Å²) >= 11 is 0. The van der Waals surface area contributed by atoms with Gasteiger partial charge in [0.25, 0.3) is 0 Å². The summed E-state index contributed by atoms with van der Waals surface area (Å²) in [6, 6.07) is 11.4. The van der Waals surface area contributed by atoms with Crippen molar-refractivity contribution in [2.75, 3.05) is 0 Å². The third kappa shape index (κ3) is 1.62. The minimum Gasteiger partial charge on any atom is -0.446 e. The second-order valence-corrected chi connectivity index (χ2v) is 7.91. The topological polar surface area (TPSA) is 91.7 Å². The lowest BCUT2D eigenvalue weighted by atomic mass is 9.61. The van der Waals surface area contributed by atoms with Crippen LogP contribution in [0.15, 0.2) is 36.4 Å². The molecule has 26 heavy (non-hydrogen) atoms. The first-order chi connectivity index (χ1) is 12.5. The van der Waals surface area contributed by atoms with Gasteiger partial charge in [-0.3, -0.25) is 0 Å². The number of epoxide rings is 1. The van der Waals surface area contributed by atoms with Gasteiger partial charge in [0.2, 0.25) is 0 Å². The van der Waals surface area contributed by atoms with Gasteiger partial charge >= 0.3 is 5.79 Å². The zero-order chi connectivity index (χ0) is 17.7. The van der Waals surface area contributed by atoms with E-state index in [0.29, 0.717) is 24.3 Å². The molecule has 2 saturated carbocycles. The van der Waals surface area contributed by atoms with Gasteiger partial charge in [-0.25, -0.2) is 0 Å². The Morgan fingerprint density at radius 2 is 1.65 bits per heavy atom. The molecule has 6 heteroatoms. The van der Waals surface area contributed by atoms with Crippen LogP contribution in [0.4, 0.5) is 0 Å². The lowest BCUT2D eigenvalue weighted by Gasteiger charge is -2.57. The van der Waals surface area contributed by atoms with E-state index >= 15 is 0 Å². The molecule has 0 bridgehead atoms. The highest BCUT2D eigenvalue weighted by molar-refractivity contribution is 5.94. The van der Waals surface area contributed by atoms with Gasteiger partial charge < -0.3 is 29.5 Å². The molecular formula is C20H20O6. The van der Waals surface area contributed by atoms with Crippen molar-refractivity contribution in [3.63, 3.8) is 0 Å². The molecule has 2 heterocycles. The van der Waals surface area contributed by atoms with Gasteiger partial charge in [-0.2, -0.15) is 0 Å². The van der Waals surface area contributed by atoms with E-state index in [2.05, 4.69) is 0 Å². The van der Waals surface area contributed by atoms with Crippen LogP contribution < -0.4 is 9.47 Å². The molecule has 2 aromatic rings. The van der Waals surface area contributed by atoms with E-state index in [9.17, 15) is 15.3 Å². The summed E-state index contributed by atoms with van der Waals surface area (Å²) < 4.78 is 18.4. The summed E-state index contributed by atoms with van der Waals surface area (Å²) in [5.74, 6) is -0.941. The van der Waals surface area contributed by atoms with Crippen molar-refractivity contribution in [3.8, 4) is 11.5 Å². The van der Waals surface area contributed by atoms with Crippen LogP contribution in [0, 0.1) is 5.92 Å². The Kier molecular flexibility index (Phi) is 2.75. The fraction of sp³-hybridized carbons (Fsp3) is 0.500. The maximum atomic E-state index is 11.7. The summed E-state index contributed by atoms with van der Waals surface area (Å²) in [7, 11) is 0. The van der Waals surface area contributed by atoms with Crippen molar-refractivity contribution in [3.05, 3.63) is 36.4 Å². The highest BCUT2D eigenvalue weighted by Crippen LogP contribution is 2.60. The fourth-order valence-electron chi connectivity index (χ4n) is 5.32. The van der Waals surface area contributed by atoms with Gasteiger partial charge in [-0.1, -0.05) is 24.3 Å². The van der Waals surface area contributed by atoms with Gasteiger partial charge in [-0.15, -0.1) is 0 Å². The van der Waals surface area contributed by atoms with Crippen LogP contribution in [0.25, 0.3) is 10.8 Å². The Hall–Kier alpha value is -1.86. The first-order valence-electron chi connectivity index (χ1n) is 9.18. The Bertz CT molecular complexity index is 872. The van der Waals surface area contributed by atoms with Crippen molar-refractivity contribution in [2.24, 2.45) is 5.92 Å². The minimum atomic E-state index is -1.75. The van der Waals surface area contributed by atoms with Gasteiger partial charge in [-0.05, 0) is 36.8 Å². The first kappa shape index (κ1) is 15.2. The van der Waals surface area contributed by atoms with E-state index in [4.69, 9.17) is 14.2 Å². The van der Waals surface area contributed by atoms with Crippen LogP contribution in [-0.2, 0) is 4.74 Å². The predicted molar refractivity (Wildman–Crippen MR) is 90.9 cm³/mol. The molecule has 6 nitrogen and oxygen atoms in total. The van der Waals surface area contributed by atoms with Crippen LogP contribution in [-0.4, -0.2) is 51.1 Å². The fourth-order valence-corrected chi connectivity index (χ4v) is 5.32. The molecule has 3 N–H and O–H groups in total. The number of hydrogen-bond acceptors (Lipinski definition) is 6. The molecule has 0 aromatic heterocycles. The Balaban J connectivity index is 1.57. The lowest BCUT2D eigenvalue weighted by Crippen LogP contribution is -2.78. The van der Waals surface area contributed by atoms with Gasteiger partial charge in [0.05, 0.1) is 23.7 Å². The largest absolute Gasteiger partial charge is 0.446 e. The second kappa shape index (κ2) is 4.70. The molecule has 6 rings (SSSR count). The number of hydrogen-bond donors (Lipinski definition) is 3. The number of rotatable bonds is 0. The van der Waals surface area contributed by atoms with Crippen molar-refractivity contribution in [1.29, 1.82) is 0 Å². The molecule has 2 aliphatic heterocycles. The van der Waals surface area contributed by atoms with Crippen molar-refractivity contribution >= 4 is 10.8 Å². The molecule has 0 amide bonds. The van der Waals surface area contributed by atoms with Crippen molar-refractivity contribution < 1.29 is 29.5 Å². The maximum Gasteiger partial charge on any atom is 0.312 e. The maximum absolute atomic E-state index is 11.7. The monoisotopic (exact) mass is 356 g/mol. The van der Waals surface area contributed by atoms with E-state index in [-0.39, 0.29) is 12.5 Å². The predicted octanol–water partition coefficient (Wildman–Crippen LogP) is 1.34. The molecule has 2 aliphatic carbocycles. The highest BCUT2D eigenvalue weighted by Gasteiger charge is 2.79. The number of fused-ring (bicyclic) bond motifs is 4. The zero-order valence-electron chi connectivity index (χ0n) is 14.0. The summed E-state index contributed by atoms with van der Waals surface area (Å²) in [5, 5.41) is 34.9. The average molecular weight is 356 g/mol. The third-order valence-electron chi connectivity index (χ3n) is 6.63. The smallest absolute Gasteiger partial charge is 0.312 e. The van der Waals surface area contributed by atoms with E-state index in [1.54, 1.807) is 0 Å². The normalized spacial score (nSPS) is 41.7. The molecule has 3 fully saturated rings. The third-order valence-corrected chi connectivity index (χ3v) is 6.63. The number of aliphatic hydroxyl groups is 3. The van der Waals surface area contributed by atoms with Crippen molar-refractivity contribution in [2.45, 2.75) is 55.1 Å². The van der Waals surface area contributed by atoms with E-state index in [1.807, 2.05) is 36.4 Å². The Morgan fingerprint density at radius 3 is 2.35 bits per heavy atom. The highest BCUT2D eigenvalue weighted by atomic mass is 16.8. The van der Waals surface area contributed by atoms with Crippen LogP contribution in [0.1, 0.15) is 19.3 Å². The first-order valence-corrected chi connectivity index (χ1v) is 9.18. The standard InChI is InChI=1S/C20H20O6/c21-12-7-8-16(22)19(23)11(12)9-15-18(24-15)20(19)25-13-5-1-3-10-4-2-6-14(26-20)17(10)13/h1-6,11-12,15-16,18,21-23H,7-9H2. The molecule has 6 unspecified atom stereocenters. The minimum absolute atomic E-state index is 0.148. The summed E-state index contributed by atoms with van der Waals surface area (Å²) in [4.78, 5) is 0. The van der Waals surface area contributed by atoms with E-state index in [0.717, 1.165) is 10.8 Å². The summed E-state index contributed by atoms with van der Waals surface area (Å²) in [5.41, 5.74) is -1.75. The number of aliphatic hydroxyl groups excluding tert-OH is 2. The molecule has 0 radical (unpaired) electrons. The second-order valence-electron chi connectivity index (χ2n) is 7.91. The molecule has 136 valence electrons. The molecular weight excluding hydrogens is 336 g/mol. The molecule has 1 spiro atoms. The summed E-state index contributed by atoms with van der Waals surface area (Å²) in [6.07, 6.45) is -1.22. The van der Waals surface area contributed by atoms with Crippen LogP contribution in [0.2, 0.25) is 0 Å². The van der Waals surface area contributed by atoms with E-state index in [1.165, 1.54) is 0 Å². The summed E-state index contributed by atoms with van der Waals surface area (Å²) in [6.45, 7) is 0. The average Bonchev–Trinajstić information content (AvgIpc) is 3.42. The van der Waals surface area contributed by atoms with Crippen molar-refractivity contribution in [1.82, 2.24) is 0 Å². The number of ether oxygens (including phenoxy) is 3. The molecule has 4 aliphatic rings. The van der Waals surface area contributed by atoms with Crippen LogP contribution >= 0.6 is 0 Å². The molecule has 1 saturated heterocycles. The zero-order valence-corrected chi connectivity index (χ0v) is 14.0.